The first kappa shape index (κ1) is 53.3. The van der Waals surface area contributed by atoms with E-state index in [-0.39, 0.29) is 0 Å². The van der Waals surface area contributed by atoms with Crippen molar-refractivity contribution in [3.8, 4) is 0 Å². The lowest BCUT2D eigenvalue weighted by Crippen LogP contribution is -2.71. The summed E-state index contributed by atoms with van der Waals surface area (Å²) >= 11 is 3.28. The Balaban J connectivity index is 2.33. The number of alkyl halides is 1. The van der Waals surface area contributed by atoms with E-state index in [1.807, 2.05) is 0 Å². The van der Waals surface area contributed by atoms with Crippen LogP contribution in [0.25, 0.3) is 0 Å². The molecule has 15 atom stereocenters. The molecule has 0 aliphatic carbocycles. The molecule has 64 heavy (non-hydrogen) atoms. The molecule has 26 heteroatoms. The normalized spacial score (nSPS) is 32.3. The zero-order valence-electron chi connectivity index (χ0n) is 36.5. The van der Waals surface area contributed by atoms with Crippen LogP contribution in [0.1, 0.15) is 69.2 Å². The van der Waals surface area contributed by atoms with Gasteiger partial charge in [0.25, 0.3) is 0 Å². The Labute approximate surface area is 374 Å². The van der Waals surface area contributed by atoms with E-state index in [2.05, 4.69) is 21.2 Å². The Morgan fingerprint density at radius 1 is 0.391 bits per heavy atom. The van der Waals surface area contributed by atoms with Crippen LogP contribution in [0.3, 0.4) is 0 Å². The maximum Gasteiger partial charge on any atom is 0.303 e. The molecule has 0 radical (unpaired) electrons. The first-order valence-corrected chi connectivity index (χ1v) is 20.4. The minimum atomic E-state index is -1.97. The number of ether oxygens (including phenoxy) is 14. The van der Waals surface area contributed by atoms with Gasteiger partial charge in [-0.05, 0) is 0 Å². The van der Waals surface area contributed by atoms with Crippen molar-refractivity contribution in [1.29, 1.82) is 0 Å². The number of amides is 1. The molecular formula is C38H52BrNO24. The number of nitrogens with one attached hydrogen (secondary N) is 1. The van der Waals surface area contributed by atoms with Crippen LogP contribution in [0.4, 0.5) is 0 Å². The standard InChI is InChI=1S/C38H52BrNO24/c1-14(41)40-27-31(63-38-35(59-23(10)50)33(57-21(8)48)30(56-20(7)47)26(62-38)13-53-17(4)44)28(54-18(5)45)25(12-52-16(3)43)61-37(27)64-32-29(55-19(6)46)24(11-51-15(2)42)60-36(39)34(32)58-22(9)49/h24-38H,11-13H2,1-10H3,(H,40,41). The molecule has 3 saturated heterocycles. The second kappa shape index (κ2) is 24.3. The van der Waals surface area contributed by atoms with Crippen LogP contribution in [-0.4, -0.2) is 170 Å². The molecule has 0 aromatic rings. The van der Waals surface area contributed by atoms with Gasteiger partial charge in [-0.3, -0.25) is 47.9 Å². The zero-order valence-corrected chi connectivity index (χ0v) is 38.0. The summed E-state index contributed by atoms with van der Waals surface area (Å²) in [6.45, 7) is 8.44. The van der Waals surface area contributed by atoms with Gasteiger partial charge in [0, 0.05) is 69.2 Å². The van der Waals surface area contributed by atoms with Crippen molar-refractivity contribution in [2.75, 3.05) is 19.8 Å². The number of rotatable bonds is 17. The molecule has 1 N–H and O–H groups in total. The largest absolute Gasteiger partial charge is 0.463 e. The Kier molecular flexibility index (Phi) is 20.3. The van der Waals surface area contributed by atoms with Crippen LogP contribution in [0, 0.1) is 0 Å². The molecule has 3 aliphatic heterocycles. The molecule has 3 rings (SSSR count). The van der Waals surface area contributed by atoms with Gasteiger partial charge in [0.05, 0.1) is 0 Å². The minimum absolute atomic E-state index is 0.527. The van der Waals surface area contributed by atoms with E-state index >= 15 is 0 Å². The molecule has 3 heterocycles. The predicted molar refractivity (Wildman–Crippen MR) is 205 cm³/mol. The molecule has 25 nitrogen and oxygen atoms in total. The van der Waals surface area contributed by atoms with E-state index in [1.165, 1.54) is 0 Å². The van der Waals surface area contributed by atoms with Gasteiger partial charge < -0.3 is 71.6 Å². The second-order valence-electron chi connectivity index (χ2n) is 14.4. The van der Waals surface area contributed by atoms with Gasteiger partial charge in [0.1, 0.15) is 56.4 Å². The summed E-state index contributed by atoms with van der Waals surface area (Å²) in [7, 11) is 0. The van der Waals surface area contributed by atoms with Gasteiger partial charge in [0.15, 0.2) is 54.2 Å². The Bertz CT molecular complexity index is 1740. The fourth-order valence-electron chi connectivity index (χ4n) is 6.85. The molecule has 0 saturated carbocycles. The quantitative estimate of drug-likeness (QED) is 0.105. The Morgan fingerprint density at radius 3 is 1.12 bits per heavy atom. The SMILES string of the molecule is CC(=O)NC1C(OC2C(OC(C)=O)C(Br)OC(COC(C)=O)C2OC(C)=O)OC(COC(C)=O)C(OC(C)=O)C1OC1OC(COC(C)=O)C(OC(C)=O)C(OC(C)=O)C1OC(C)=O. The van der Waals surface area contributed by atoms with Gasteiger partial charge in [-0.25, -0.2) is 0 Å². The van der Waals surface area contributed by atoms with Crippen LogP contribution >= 0.6 is 15.9 Å². The van der Waals surface area contributed by atoms with Crippen LogP contribution in [-0.2, 0) is 114 Å². The minimum Gasteiger partial charge on any atom is -0.463 e. The highest BCUT2D eigenvalue weighted by Gasteiger charge is 2.59. The topological polar surface area (TPSA) is 312 Å². The number of hydrogen-bond acceptors (Lipinski definition) is 24. The summed E-state index contributed by atoms with van der Waals surface area (Å²) < 4.78 is 80.2. The van der Waals surface area contributed by atoms with E-state index in [0.29, 0.717) is 0 Å². The number of hydrogen-bond donors (Lipinski definition) is 1. The van der Waals surface area contributed by atoms with E-state index in [0.717, 1.165) is 69.2 Å². The van der Waals surface area contributed by atoms with Crippen molar-refractivity contribution in [3.05, 3.63) is 0 Å². The zero-order chi connectivity index (χ0) is 48.2. The first-order valence-electron chi connectivity index (χ1n) is 19.5. The first-order chi connectivity index (χ1) is 29.9. The highest BCUT2D eigenvalue weighted by atomic mass is 79.9. The van der Waals surface area contributed by atoms with Crippen molar-refractivity contribution in [2.45, 2.75) is 160 Å². The molecule has 360 valence electrons. The molecular weight excluding hydrogens is 934 g/mol. The third-order valence-corrected chi connectivity index (χ3v) is 9.67. The third kappa shape index (κ3) is 15.9. The van der Waals surface area contributed by atoms with Crippen molar-refractivity contribution in [1.82, 2.24) is 5.32 Å². The lowest BCUT2D eigenvalue weighted by Gasteiger charge is -2.51. The molecule has 0 bridgehead atoms. The van der Waals surface area contributed by atoms with E-state index in [4.69, 9.17) is 66.3 Å². The van der Waals surface area contributed by atoms with E-state index in [9.17, 15) is 47.9 Å². The van der Waals surface area contributed by atoms with Gasteiger partial charge in [-0.15, -0.1) is 0 Å². The Hall–Kier alpha value is -5.02. The number of esters is 9. The van der Waals surface area contributed by atoms with Crippen LogP contribution < -0.4 is 5.32 Å². The maximum absolute atomic E-state index is 13.1. The van der Waals surface area contributed by atoms with Crippen molar-refractivity contribution >= 4 is 75.6 Å². The monoisotopic (exact) mass is 985 g/mol. The fourth-order valence-corrected chi connectivity index (χ4v) is 7.54. The van der Waals surface area contributed by atoms with Crippen molar-refractivity contribution in [3.63, 3.8) is 0 Å². The van der Waals surface area contributed by atoms with Crippen molar-refractivity contribution < 1.29 is 114 Å². The summed E-state index contributed by atoms with van der Waals surface area (Å²) in [6.07, 6.45) is -21.8. The van der Waals surface area contributed by atoms with Crippen LogP contribution in [0.2, 0.25) is 0 Å². The van der Waals surface area contributed by atoms with Gasteiger partial charge >= 0.3 is 53.7 Å². The number of halogens is 1. The average molecular weight is 987 g/mol. The lowest BCUT2D eigenvalue weighted by molar-refractivity contribution is -0.357. The van der Waals surface area contributed by atoms with Crippen molar-refractivity contribution in [2.24, 2.45) is 0 Å². The van der Waals surface area contributed by atoms with E-state index < -0.39 is 170 Å². The summed E-state index contributed by atoms with van der Waals surface area (Å²) in [5.41, 5.74) is 0. The van der Waals surface area contributed by atoms with Gasteiger partial charge in [-0.1, -0.05) is 15.9 Å². The average Bonchev–Trinajstić information content (AvgIpc) is 3.15. The molecule has 3 aliphatic rings. The summed E-state index contributed by atoms with van der Waals surface area (Å²) in [5.74, 6) is -8.86. The predicted octanol–water partition coefficient (Wildman–Crippen LogP) is -0.889. The molecule has 0 spiro atoms. The lowest BCUT2D eigenvalue weighted by atomic mass is 9.94. The number of carbonyl (C=O) groups excluding carboxylic acids is 10. The highest BCUT2D eigenvalue weighted by Crippen LogP contribution is 2.38. The Morgan fingerprint density at radius 2 is 0.719 bits per heavy atom. The smallest absolute Gasteiger partial charge is 0.303 e. The third-order valence-electron chi connectivity index (χ3n) is 8.93. The summed E-state index contributed by atoms with van der Waals surface area (Å²) in [5, 5.41) is 1.32. The van der Waals surface area contributed by atoms with Gasteiger partial charge in [-0.2, -0.15) is 0 Å². The van der Waals surface area contributed by atoms with E-state index in [1.54, 1.807) is 0 Å². The van der Waals surface area contributed by atoms with Gasteiger partial charge in [0.2, 0.25) is 5.91 Å². The van der Waals surface area contributed by atoms with Crippen LogP contribution in [0.5, 0.6) is 0 Å². The highest BCUT2D eigenvalue weighted by molar-refractivity contribution is 9.09. The molecule has 1 amide bonds. The molecule has 3 fully saturated rings. The van der Waals surface area contributed by atoms with Crippen LogP contribution in [0.15, 0.2) is 0 Å². The molecule has 15 unspecified atom stereocenters. The fraction of sp³-hybridized carbons (Fsp3) is 0.737. The molecule has 0 aromatic heterocycles. The number of carbonyl (C=O) groups is 10. The molecule has 0 aromatic carbocycles. The second-order valence-corrected chi connectivity index (χ2v) is 15.3. The summed E-state index contributed by atoms with van der Waals surface area (Å²) in [6, 6.07) is -1.71. The maximum atomic E-state index is 13.1. The summed E-state index contributed by atoms with van der Waals surface area (Å²) in [4.78, 5) is 125.